The molecule has 5 heteroatoms. The number of carbonyl (C=O) groups excluding carboxylic acids is 1. The summed E-state index contributed by atoms with van der Waals surface area (Å²) in [5, 5.41) is 10.2. The summed E-state index contributed by atoms with van der Waals surface area (Å²) in [5.74, 6) is 0.319. The maximum atomic E-state index is 14.9. The number of piperidine rings is 1. The third-order valence-corrected chi connectivity index (χ3v) is 5.58. The van der Waals surface area contributed by atoms with Gasteiger partial charge in [-0.25, -0.2) is 4.39 Å². The second-order valence-electron chi connectivity index (χ2n) is 7.28. The van der Waals surface area contributed by atoms with E-state index in [1.807, 2.05) is 19.1 Å². The first-order chi connectivity index (χ1) is 12.1. The van der Waals surface area contributed by atoms with Crippen molar-refractivity contribution in [3.8, 4) is 6.07 Å². The average Bonchev–Trinajstić information content (AvgIpc) is 3.46. The third-order valence-electron chi connectivity index (χ3n) is 5.58. The van der Waals surface area contributed by atoms with E-state index in [9.17, 15) is 14.4 Å². The molecule has 4 rings (SSSR count). The average molecular weight is 337 g/mol. The molecule has 0 radical (unpaired) electrons. The summed E-state index contributed by atoms with van der Waals surface area (Å²) in [4.78, 5) is 17.5. The van der Waals surface area contributed by atoms with Crippen molar-refractivity contribution >= 4 is 22.9 Å². The zero-order valence-electron chi connectivity index (χ0n) is 14.2. The van der Waals surface area contributed by atoms with E-state index in [1.165, 1.54) is 6.20 Å². The molecule has 4 nitrogen and oxygen atoms in total. The number of carbonyl (C=O) groups is 1. The van der Waals surface area contributed by atoms with Crippen LogP contribution in [0, 0.1) is 29.0 Å². The summed E-state index contributed by atoms with van der Waals surface area (Å²) >= 11 is 0. The van der Waals surface area contributed by atoms with E-state index in [0.717, 1.165) is 36.8 Å². The van der Waals surface area contributed by atoms with Gasteiger partial charge in [0.05, 0.1) is 11.3 Å². The Morgan fingerprint density at radius 2 is 2.16 bits per heavy atom. The number of aldehydes is 1. The van der Waals surface area contributed by atoms with Gasteiger partial charge >= 0.3 is 0 Å². The molecule has 1 aliphatic heterocycles. The molecule has 1 aromatic carbocycles. The van der Waals surface area contributed by atoms with Crippen LogP contribution in [-0.4, -0.2) is 24.4 Å². The molecule has 0 bridgehead atoms. The number of hydrogen-bond donors (Lipinski definition) is 0. The Bertz CT molecular complexity index is 885. The number of pyridine rings is 1. The lowest BCUT2D eigenvalue weighted by Crippen LogP contribution is -2.40. The van der Waals surface area contributed by atoms with Crippen LogP contribution in [0.5, 0.6) is 0 Å². The number of rotatable bonds is 3. The molecule has 2 atom stereocenters. The molecule has 25 heavy (non-hydrogen) atoms. The highest BCUT2D eigenvalue weighted by molar-refractivity contribution is 5.95. The van der Waals surface area contributed by atoms with E-state index in [0.29, 0.717) is 35.5 Å². The van der Waals surface area contributed by atoms with Crippen molar-refractivity contribution in [3.63, 3.8) is 0 Å². The van der Waals surface area contributed by atoms with Crippen molar-refractivity contribution in [2.75, 3.05) is 18.0 Å². The third kappa shape index (κ3) is 2.66. The number of halogens is 1. The van der Waals surface area contributed by atoms with Crippen LogP contribution >= 0.6 is 0 Å². The molecule has 2 aromatic rings. The fraction of sp³-hybridized carbons (Fsp3) is 0.450. The van der Waals surface area contributed by atoms with E-state index >= 15 is 0 Å². The lowest BCUT2D eigenvalue weighted by molar-refractivity contribution is -0.112. The molecule has 0 amide bonds. The molecular formula is C20H20FN3O. The van der Waals surface area contributed by atoms with Crippen molar-refractivity contribution in [1.29, 1.82) is 5.26 Å². The summed E-state index contributed by atoms with van der Waals surface area (Å²) < 4.78 is 14.9. The van der Waals surface area contributed by atoms with Gasteiger partial charge in [0.25, 0.3) is 0 Å². The standard InChI is InChI=1S/C20H20FN3O/c1-12-10-24(7-6-14(12)11-25)20-15(8-22)9-23-19-17(20)5-4-16(18(19)21)13-2-3-13/h4-5,9,11-14H,2-3,6-7,10H2,1H3. The molecule has 1 aliphatic carbocycles. The van der Waals surface area contributed by atoms with Crippen LogP contribution in [0.2, 0.25) is 0 Å². The first-order valence-electron chi connectivity index (χ1n) is 8.85. The van der Waals surface area contributed by atoms with Crippen LogP contribution in [-0.2, 0) is 4.79 Å². The maximum Gasteiger partial charge on any atom is 0.152 e. The number of nitrogens with zero attached hydrogens (tertiary/aromatic N) is 3. The minimum Gasteiger partial charge on any atom is -0.370 e. The number of nitriles is 1. The number of anilines is 1. The molecule has 2 fully saturated rings. The zero-order chi connectivity index (χ0) is 17.6. The van der Waals surface area contributed by atoms with E-state index in [1.54, 1.807) is 0 Å². The minimum absolute atomic E-state index is 0.0492. The molecular weight excluding hydrogens is 317 g/mol. The van der Waals surface area contributed by atoms with Gasteiger partial charge in [-0.2, -0.15) is 5.26 Å². The highest BCUT2D eigenvalue weighted by Gasteiger charge is 2.31. The van der Waals surface area contributed by atoms with Gasteiger partial charge in [-0.15, -0.1) is 0 Å². The van der Waals surface area contributed by atoms with Crippen molar-refractivity contribution in [1.82, 2.24) is 4.98 Å². The molecule has 2 heterocycles. The van der Waals surface area contributed by atoms with Crippen LogP contribution in [0.1, 0.15) is 43.2 Å². The molecule has 0 spiro atoms. The van der Waals surface area contributed by atoms with Gasteiger partial charge in [0, 0.05) is 30.6 Å². The van der Waals surface area contributed by atoms with Crippen LogP contribution in [0.15, 0.2) is 18.3 Å². The largest absolute Gasteiger partial charge is 0.370 e. The fourth-order valence-corrected chi connectivity index (χ4v) is 3.93. The van der Waals surface area contributed by atoms with Gasteiger partial charge in [0.15, 0.2) is 5.82 Å². The van der Waals surface area contributed by atoms with Crippen LogP contribution in [0.3, 0.4) is 0 Å². The molecule has 1 saturated carbocycles. The van der Waals surface area contributed by atoms with E-state index in [4.69, 9.17) is 0 Å². The normalized spacial score (nSPS) is 23.5. The van der Waals surface area contributed by atoms with Crippen molar-refractivity contribution < 1.29 is 9.18 Å². The van der Waals surface area contributed by atoms with E-state index < -0.39 is 0 Å². The van der Waals surface area contributed by atoms with Crippen LogP contribution < -0.4 is 4.90 Å². The Kier molecular flexibility index (Phi) is 3.91. The fourth-order valence-electron chi connectivity index (χ4n) is 3.93. The van der Waals surface area contributed by atoms with Gasteiger partial charge in [-0.1, -0.05) is 19.1 Å². The molecule has 2 aliphatic rings. The van der Waals surface area contributed by atoms with Crippen molar-refractivity contribution in [2.24, 2.45) is 11.8 Å². The van der Waals surface area contributed by atoms with Crippen LogP contribution in [0.4, 0.5) is 10.1 Å². The SMILES string of the molecule is CC1CN(c2c(C#N)cnc3c(F)c(C4CC4)ccc23)CCC1C=O. The Labute approximate surface area is 146 Å². The Balaban J connectivity index is 1.83. The summed E-state index contributed by atoms with van der Waals surface area (Å²) in [5.41, 5.74) is 2.31. The predicted molar refractivity (Wildman–Crippen MR) is 93.9 cm³/mol. The Morgan fingerprint density at radius 1 is 1.36 bits per heavy atom. The predicted octanol–water partition coefficient (Wildman–Crippen LogP) is 3.78. The van der Waals surface area contributed by atoms with Crippen LogP contribution in [0.25, 0.3) is 10.9 Å². The van der Waals surface area contributed by atoms with Crippen molar-refractivity contribution in [3.05, 3.63) is 35.3 Å². The highest BCUT2D eigenvalue weighted by atomic mass is 19.1. The summed E-state index contributed by atoms with van der Waals surface area (Å²) in [6.07, 6.45) is 5.32. The number of aromatic nitrogens is 1. The van der Waals surface area contributed by atoms with E-state index in [-0.39, 0.29) is 17.7 Å². The van der Waals surface area contributed by atoms with Gasteiger partial charge in [-0.05, 0) is 36.7 Å². The summed E-state index contributed by atoms with van der Waals surface area (Å²) in [7, 11) is 0. The Morgan fingerprint density at radius 3 is 2.80 bits per heavy atom. The monoisotopic (exact) mass is 337 g/mol. The maximum absolute atomic E-state index is 14.9. The first kappa shape index (κ1) is 16.0. The van der Waals surface area contributed by atoms with Gasteiger partial charge in [0.1, 0.15) is 17.9 Å². The Hall–Kier alpha value is -2.48. The second kappa shape index (κ2) is 6.11. The summed E-state index contributed by atoms with van der Waals surface area (Å²) in [6.45, 7) is 3.42. The number of benzene rings is 1. The van der Waals surface area contributed by atoms with Gasteiger partial charge < -0.3 is 9.69 Å². The lowest BCUT2D eigenvalue weighted by Gasteiger charge is -2.37. The quantitative estimate of drug-likeness (QED) is 0.800. The molecule has 1 saturated heterocycles. The zero-order valence-corrected chi connectivity index (χ0v) is 14.2. The van der Waals surface area contributed by atoms with E-state index in [2.05, 4.69) is 16.0 Å². The molecule has 128 valence electrons. The number of hydrogen-bond acceptors (Lipinski definition) is 4. The second-order valence-corrected chi connectivity index (χ2v) is 7.28. The highest BCUT2D eigenvalue weighted by Crippen LogP contribution is 2.43. The van der Waals surface area contributed by atoms with Gasteiger partial charge in [0.2, 0.25) is 0 Å². The minimum atomic E-state index is -0.249. The molecule has 2 unspecified atom stereocenters. The van der Waals surface area contributed by atoms with Crippen molar-refractivity contribution in [2.45, 2.75) is 32.1 Å². The first-order valence-corrected chi connectivity index (χ1v) is 8.85. The summed E-state index contributed by atoms with van der Waals surface area (Å²) in [6, 6.07) is 5.96. The smallest absolute Gasteiger partial charge is 0.152 e. The lowest BCUT2D eigenvalue weighted by atomic mass is 9.87. The van der Waals surface area contributed by atoms with Gasteiger partial charge in [-0.3, -0.25) is 4.98 Å². The molecule has 1 aromatic heterocycles. The topological polar surface area (TPSA) is 57.0 Å². The number of fused-ring (bicyclic) bond motifs is 1. The molecule has 0 N–H and O–H groups in total.